The van der Waals surface area contributed by atoms with Crippen LogP contribution in [0.3, 0.4) is 0 Å². The standard InChI is InChI=1S/C20H14.C10H8O/c1-3-11-17-15(7-1)9-5-13-19(17)20-14-6-10-16-8-2-4-12-18(16)20;11-10-6-5-8-3-1-2-4-9(8)7-10/h1-14H;1-7,11H. The average Bonchev–Trinajstić information content (AvgIpc) is 2.84. The van der Waals surface area contributed by atoms with E-state index in [9.17, 15) is 0 Å². The molecule has 0 aliphatic rings. The normalized spacial score (nSPS) is 10.7. The summed E-state index contributed by atoms with van der Waals surface area (Å²) < 4.78 is 0. The molecule has 0 spiro atoms. The maximum atomic E-state index is 9.13. The number of hydrogen-bond donors (Lipinski definition) is 1. The van der Waals surface area contributed by atoms with Crippen LogP contribution in [0.15, 0.2) is 127 Å². The van der Waals surface area contributed by atoms with Gasteiger partial charge in [-0.25, -0.2) is 0 Å². The third kappa shape index (κ3) is 3.86. The molecule has 0 bridgehead atoms. The van der Waals surface area contributed by atoms with E-state index in [-0.39, 0.29) is 0 Å². The predicted octanol–water partition coefficient (Wildman–Crippen LogP) is 8.21. The highest BCUT2D eigenvalue weighted by Crippen LogP contribution is 2.33. The Morgan fingerprint density at radius 2 is 0.806 bits per heavy atom. The molecule has 0 saturated heterocycles. The highest BCUT2D eigenvalue weighted by molar-refractivity contribution is 6.05. The molecule has 0 fully saturated rings. The van der Waals surface area contributed by atoms with Gasteiger partial charge in [-0.3, -0.25) is 0 Å². The molecule has 0 saturated carbocycles. The van der Waals surface area contributed by atoms with E-state index >= 15 is 0 Å². The smallest absolute Gasteiger partial charge is 0.116 e. The van der Waals surface area contributed by atoms with Crippen molar-refractivity contribution in [2.45, 2.75) is 0 Å². The second-order valence-electron chi connectivity index (χ2n) is 7.58. The third-order valence-corrected chi connectivity index (χ3v) is 5.60. The summed E-state index contributed by atoms with van der Waals surface area (Å²) in [5.41, 5.74) is 2.61. The zero-order valence-electron chi connectivity index (χ0n) is 17.1. The van der Waals surface area contributed by atoms with Crippen molar-refractivity contribution in [3.05, 3.63) is 127 Å². The van der Waals surface area contributed by atoms with Gasteiger partial charge in [0.1, 0.15) is 5.75 Å². The lowest BCUT2D eigenvalue weighted by molar-refractivity contribution is 0.476. The Bertz CT molecular complexity index is 1410. The van der Waals surface area contributed by atoms with Crippen LogP contribution in [0.25, 0.3) is 43.4 Å². The van der Waals surface area contributed by atoms with Crippen LogP contribution in [0, 0.1) is 0 Å². The SMILES string of the molecule is Oc1ccc2ccccc2c1.c1ccc2c(-c3cccc4ccccc34)cccc2c1. The van der Waals surface area contributed by atoms with E-state index in [1.807, 2.05) is 30.3 Å². The van der Waals surface area contributed by atoms with Crippen molar-refractivity contribution in [3.63, 3.8) is 0 Å². The van der Waals surface area contributed by atoms with E-state index in [0.717, 1.165) is 10.8 Å². The van der Waals surface area contributed by atoms with Gasteiger partial charge in [0.15, 0.2) is 0 Å². The highest BCUT2D eigenvalue weighted by atomic mass is 16.3. The maximum absolute atomic E-state index is 9.13. The van der Waals surface area contributed by atoms with Gasteiger partial charge in [0.05, 0.1) is 0 Å². The Balaban J connectivity index is 0.000000157. The minimum atomic E-state index is 0.323. The number of phenols is 1. The molecule has 0 atom stereocenters. The van der Waals surface area contributed by atoms with E-state index < -0.39 is 0 Å². The fraction of sp³-hybridized carbons (Fsp3) is 0. The molecule has 0 unspecified atom stereocenters. The van der Waals surface area contributed by atoms with E-state index in [2.05, 4.69) is 84.9 Å². The number of hydrogen-bond acceptors (Lipinski definition) is 1. The number of rotatable bonds is 1. The van der Waals surface area contributed by atoms with Gasteiger partial charge in [-0.1, -0.05) is 115 Å². The molecule has 1 nitrogen and oxygen atoms in total. The van der Waals surface area contributed by atoms with Gasteiger partial charge in [-0.15, -0.1) is 0 Å². The Kier molecular flexibility index (Phi) is 5.08. The van der Waals surface area contributed by atoms with Gasteiger partial charge in [-0.2, -0.15) is 0 Å². The fourth-order valence-corrected chi connectivity index (χ4v) is 4.10. The maximum Gasteiger partial charge on any atom is 0.116 e. The molecule has 0 heterocycles. The first-order chi connectivity index (χ1) is 15.3. The van der Waals surface area contributed by atoms with Crippen LogP contribution in [-0.2, 0) is 0 Å². The molecule has 6 rings (SSSR count). The monoisotopic (exact) mass is 398 g/mol. The minimum absolute atomic E-state index is 0.323. The predicted molar refractivity (Wildman–Crippen MR) is 133 cm³/mol. The molecule has 0 aliphatic carbocycles. The molecular formula is C30H22O. The van der Waals surface area contributed by atoms with E-state index in [1.54, 1.807) is 12.1 Å². The first-order valence-electron chi connectivity index (χ1n) is 10.4. The van der Waals surface area contributed by atoms with Gasteiger partial charge >= 0.3 is 0 Å². The first-order valence-corrected chi connectivity index (χ1v) is 10.4. The number of aromatic hydroxyl groups is 1. The lowest BCUT2D eigenvalue weighted by atomic mass is 9.94. The molecule has 0 amide bonds. The van der Waals surface area contributed by atoms with Crippen molar-refractivity contribution >= 4 is 32.3 Å². The van der Waals surface area contributed by atoms with Crippen molar-refractivity contribution in [3.8, 4) is 16.9 Å². The number of fused-ring (bicyclic) bond motifs is 3. The van der Waals surface area contributed by atoms with E-state index in [0.29, 0.717) is 5.75 Å². The summed E-state index contributed by atoms with van der Waals surface area (Å²) in [5.74, 6) is 0.323. The van der Waals surface area contributed by atoms with Crippen LogP contribution in [0.4, 0.5) is 0 Å². The van der Waals surface area contributed by atoms with Gasteiger partial charge in [0.2, 0.25) is 0 Å². The molecule has 1 heteroatoms. The average molecular weight is 399 g/mol. The van der Waals surface area contributed by atoms with Crippen LogP contribution < -0.4 is 0 Å². The summed E-state index contributed by atoms with van der Waals surface area (Å²) >= 11 is 0. The second kappa shape index (κ2) is 8.33. The summed E-state index contributed by atoms with van der Waals surface area (Å²) in [6.45, 7) is 0. The largest absolute Gasteiger partial charge is 0.508 e. The Morgan fingerprint density at radius 3 is 1.39 bits per heavy atom. The molecule has 6 aromatic rings. The van der Waals surface area contributed by atoms with Gasteiger partial charge < -0.3 is 5.11 Å². The Labute approximate surface area is 181 Å². The van der Waals surface area contributed by atoms with Crippen LogP contribution in [0.1, 0.15) is 0 Å². The molecular weight excluding hydrogens is 376 g/mol. The number of benzene rings is 6. The molecule has 0 aromatic heterocycles. The summed E-state index contributed by atoms with van der Waals surface area (Å²) in [6, 6.07) is 43.5. The van der Waals surface area contributed by atoms with Crippen molar-refractivity contribution in [2.24, 2.45) is 0 Å². The quantitative estimate of drug-likeness (QED) is 0.296. The van der Waals surface area contributed by atoms with E-state index in [1.165, 1.54) is 32.7 Å². The molecule has 0 radical (unpaired) electrons. The Hall–Kier alpha value is -4.10. The van der Waals surface area contributed by atoms with Crippen molar-refractivity contribution < 1.29 is 5.11 Å². The summed E-state index contributed by atoms with van der Waals surface area (Å²) in [6.07, 6.45) is 0. The van der Waals surface area contributed by atoms with E-state index in [4.69, 9.17) is 5.11 Å². The zero-order chi connectivity index (χ0) is 21.0. The molecule has 6 aromatic carbocycles. The van der Waals surface area contributed by atoms with Crippen LogP contribution in [0.5, 0.6) is 5.75 Å². The first kappa shape index (κ1) is 18.9. The van der Waals surface area contributed by atoms with Crippen LogP contribution in [0.2, 0.25) is 0 Å². The van der Waals surface area contributed by atoms with Crippen molar-refractivity contribution in [2.75, 3.05) is 0 Å². The zero-order valence-corrected chi connectivity index (χ0v) is 17.1. The molecule has 31 heavy (non-hydrogen) atoms. The molecule has 0 aliphatic heterocycles. The second-order valence-corrected chi connectivity index (χ2v) is 7.58. The van der Waals surface area contributed by atoms with Gasteiger partial charge in [0, 0.05) is 0 Å². The van der Waals surface area contributed by atoms with Gasteiger partial charge in [-0.05, 0) is 55.6 Å². The summed E-state index contributed by atoms with van der Waals surface area (Å²) in [4.78, 5) is 0. The molecule has 1 N–H and O–H groups in total. The minimum Gasteiger partial charge on any atom is -0.508 e. The lowest BCUT2D eigenvalue weighted by Crippen LogP contribution is -1.83. The highest BCUT2D eigenvalue weighted by Gasteiger charge is 2.06. The number of phenolic OH excluding ortho intramolecular Hbond substituents is 1. The van der Waals surface area contributed by atoms with Crippen molar-refractivity contribution in [1.82, 2.24) is 0 Å². The third-order valence-electron chi connectivity index (χ3n) is 5.60. The van der Waals surface area contributed by atoms with Gasteiger partial charge in [0.25, 0.3) is 0 Å². The summed E-state index contributed by atoms with van der Waals surface area (Å²) in [7, 11) is 0. The molecule has 148 valence electrons. The topological polar surface area (TPSA) is 20.2 Å². The van der Waals surface area contributed by atoms with Crippen LogP contribution >= 0.6 is 0 Å². The summed E-state index contributed by atoms with van der Waals surface area (Å²) in [5, 5.41) is 16.6. The Morgan fingerprint density at radius 1 is 0.355 bits per heavy atom. The fourth-order valence-electron chi connectivity index (χ4n) is 4.10. The van der Waals surface area contributed by atoms with Crippen molar-refractivity contribution in [1.29, 1.82) is 0 Å². The lowest BCUT2D eigenvalue weighted by Gasteiger charge is -2.10. The van der Waals surface area contributed by atoms with Crippen LogP contribution in [-0.4, -0.2) is 5.11 Å².